The van der Waals surface area contributed by atoms with E-state index in [1.807, 2.05) is 18.2 Å². The number of rotatable bonds is 5. The lowest BCUT2D eigenvalue weighted by atomic mass is 9.96. The van der Waals surface area contributed by atoms with Crippen LogP contribution in [0.15, 0.2) is 30.3 Å². The molecular weight excluding hydrogens is 264 g/mol. The van der Waals surface area contributed by atoms with E-state index in [1.54, 1.807) is 0 Å². The molecule has 90 valence electrons. The van der Waals surface area contributed by atoms with Gasteiger partial charge in [-0.15, -0.1) is 0 Å². The van der Waals surface area contributed by atoms with Crippen molar-refractivity contribution in [2.24, 2.45) is 0 Å². The minimum Gasteiger partial charge on any atom is -0.371 e. The van der Waals surface area contributed by atoms with Crippen molar-refractivity contribution in [2.75, 3.05) is 0 Å². The topological polar surface area (TPSA) is 9.23 Å². The van der Waals surface area contributed by atoms with E-state index in [4.69, 9.17) is 4.74 Å². The lowest BCUT2D eigenvalue weighted by Gasteiger charge is -2.31. The average molecular weight is 285 g/mol. The van der Waals surface area contributed by atoms with E-state index in [2.05, 4.69) is 55.8 Å². The summed E-state index contributed by atoms with van der Waals surface area (Å²) in [6.45, 7) is 9.29. The Hall–Kier alpha value is -0.340. The molecule has 0 saturated heterocycles. The first-order valence-corrected chi connectivity index (χ1v) is 6.45. The number of hydrogen-bond donors (Lipinski definition) is 0. The molecule has 0 fully saturated rings. The van der Waals surface area contributed by atoms with E-state index in [1.165, 1.54) is 5.56 Å². The highest BCUT2D eigenvalue weighted by Gasteiger charge is 2.27. The number of alkyl halides is 1. The Morgan fingerprint density at radius 1 is 1.06 bits per heavy atom. The number of benzene rings is 1. The van der Waals surface area contributed by atoms with Crippen LogP contribution >= 0.6 is 15.9 Å². The van der Waals surface area contributed by atoms with Gasteiger partial charge in [-0.1, -0.05) is 46.3 Å². The van der Waals surface area contributed by atoms with Gasteiger partial charge in [0, 0.05) is 4.32 Å². The molecule has 1 aromatic rings. The van der Waals surface area contributed by atoms with Gasteiger partial charge >= 0.3 is 0 Å². The number of halogens is 1. The summed E-state index contributed by atoms with van der Waals surface area (Å²) in [6.07, 6.45) is 0.979. The summed E-state index contributed by atoms with van der Waals surface area (Å²) in [5.74, 6) is 0. The van der Waals surface area contributed by atoms with Crippen molar-refractivity contribution in [1.29, 1.82) is 0 Å². The highest BCUT2D eigenvalue weighted by atomic mass is 79.9. The zero-order chi connectivity index (χ0) is 12.2. The summed E-state index contributed by atoms with van der Waals surface area (Å²) in [6, 6.07) is 10.3. The van der Waals surface area contributed by atoms with Crippen LogP contribution < -0.4 is 0 Å². The van der Waals surface area contributed by atoms with E-state index in [0.717, 1.165) is 6.42 Å². The molecule has 0 N–H and O–H groups in total. The third-order valence-corrected chi connectivity index (χ3v) is 2.60. The van der Waals surface area contributed by atoms with E-state index in [0.29, 0.717) is 6.61 Å². The molecule has 0 amide bonds. The Bertz CT molecular complexity index is 311. The summed E-state index contributed by atoms with van der Waals surface area (Å²) in [4.78, 5) is 0. The first-order valence-electron chi connectivity index (χ1n) is 5.65. The molecule has 0 atom stereocenters. The predicted octanol–water partition coefficient (Wildman–Crippen LogP) is 4.55. The maximum Gasteiger partial charge on any atom is 0.0724 e. The number of hydrogen-bond acceptors (Lipinski definition) is 1. The van der Waals surface area contributed by atoms with Crippen LogP contribution in [0.1, 0.15) is 39.7 Å². The van der Waals surface area contributed by atoms with Crippen LogP contribution in [0.3, 0.4) is 0 Å². The Labute approximate surface area is 107 Å². The average Bonchev–Trinajstić information content (AvgIpc) is 2.13. The minimum absolute atomic E-state index is 0.108. The molecule has 0 radical (unpaired) electrons. The third-order valence-electron chi connectivity index (χ3n) is 2.32. The number of ether oxygens (including phenoxy) is 1. The van der Waals surface area contributed by atoms with Gasteiger partial charge in [-0.3, -0.25) is 0 Å². The third kappa shape index (κ3) is 5.66. The predicted molar refractivity (Wildman–Crippen MR) is 72.9 cm³/mol. The van der Waals surface area contributed by atoms with Crippen molar-refractivity contribution >= 4 is 15.9 Å². The summed E-state index contributed by atoms with van der Waals surface area (Å²) < 4.78 is 6.08. The fourth-order valence-corrected chi connectivity index (χ4v) is 2.59. The van der Waals surface area contributed by atoms with Gasteiger partial charge in [0.2, 0.25) is 0 Å². The second-order valence-electron chi connectivity index (χ2n) is 5.43. The van der Waals surface area contributed by atoms with Gasteiger partial charge in [0.25, 0.3) is 0 Å². The van der Waals surface area contributed by atoms with Gasteiger partial charge in [0.05, 0.1) is 12.2 Å². The smallest absolute Gasteiger partial charge is 0.0724 e. The highest BCUT2D eigenvalue weighted by Crippen LogP contribution is 2.30. The van der Waals surface area contributed by atoms with Crippen molar-refractivity contribution < 1.29 is 4.74 Å². The van der Waals surface area contributed by atoms with Gasteiger partial charge in [0.1, 0.15) is 0 Å². The molecule has 0 saturated carbocycles. The molecule has 0 bridgehead atoms. The summed E-state index contributed by atoms with van der Waals surface area (Å²) in [5.41, 5.74) is 1.12. The van der Waals surface area contributed by atoms with Crippen LogP contribution in [-0.2, 0) is 11.3 Å². The zero-order valence-corrected chi connectivity index (χ0v) is 12.2. The van der Waals surface area contributed by atoms with Gasteiger partial charge in [-0.05, 0) is 39.7 Å². The van der Waals surface area contributed by atoms with E-state index in [-0.39, 0.29) is 9.93 Å². The molecule has 1 nitrogen and oxygen atoms in total. The lowest BCUT2D eigenvalue weighted by Crippen LogP contribution is -2.31. The quantitative estimate of drug-likeness (QED) is 0.721. The highest BCUT2D eigenvalue weighted by molar-refractivity contribution is 9.10. The molecule has 1 rings (SSSR count). The molecule has 0 aliphatic rings. The van der Waals surface area contributed by atoms with Crippen LogP contribution in [0.4, 0.5) is 0 Å². The standard InChI is InChI=1S/C14H21BrO/c1-13(2,15)11-14(3,4)16-10-12-8-6-5-7-9-12/h5-9H,10-11H2,1-4H3. The van der Waals surface area contributed by atoms with Gasteiger partial charge < -0.3 is 4.74 Å². The van der Waals surface area contributed by atoms with Crippen molar-refractivity contribution in [2.45, 2.75) is 50.6 Å². The second kappa shape index (κ2) is 5.33. The molecule has 0 unspecified atom stereocenters. The summed E-state index contributed by atoms with van der Waals surface area (Å²) in [5, 5.41) is 0. The van der Waals surface area contributed by atoms with Gasteiger partial charge in [0.15, 0.2) is 0 Å². The largest absolute Gasteiger partial charge is 0.371 e. The van der Waals surface area contributed by atoms with Crippen LogP contribution in [0, 0.1) is 0 Å². The SMILES string of the molecule is CC(C)(Br)CC(C)(C)OCc1ccccc1. The monoisotopic (exact) mass is 284 g/mol. The minimum atomic E-state index is -0.108. The maximum absolute atomic E-state index is 5.96. The van der Waals surface area contributed by atoms with Crippen molar-refractivity contribution in [3.63, 3.8) is 0 Å². The maximum atomic E-state index is 5.96. The Balaban J connectivity index is 2.48. The van der Waals surface area contributed by atoms with Crippen molar-refractivity contribution in [3.8, 4) is 0 Å². The van der Waals surface area contributed by atoms with E-state index >= 15 is 0 Å². The van der Waals surface area contributed by atoms with Crippen LogP contribution in [0.2, 0.25) is 0 Å². The molecule has 0 aromatic heterocycles. The molecule has 16 heavy (non-hydrogen) atoms. The van der Waals surface area contributed by atoms with Crippen molar-refractivity contribution in [1.82, 2.24) is 0 Å². The molecule has 0 spiro atoms. The van der Waals surface area contributed by atoms with E-state index in [9.17, 15) is 0 Å². The Morgan fingerprint density at radius 3 is 2.12 bits per heavy atom. The van der Waals surface area contributed by atoms with Crippen LogP contribution in [0.5, 0.6) is 0 Å². The molecule has 0 aliphatic carbocycles. The van der Waals surface area contributed by atoms with Crippen LogP contribution in [-0.4, -0.2) is 9.93 Å². The lowest BCUT2D eigenvalue weighted by molar-refractivity contribution is -0.0390. The molecular formula is C14H21BrO. The van der Waals surface area contributed by atoms with E-state index < -0.39 is 0 Å². The van der Waals surface area contributed by atoms with Gasteiger partial charge in [-0.25, -0.2) is 0 Å². The summed E-state index contributed by atoms with van der Waals surface area (Å²) in [7, 11) is 0. The Kier molecular flexibility index (Phi) is 4.57. The molecule has 1 aromatic carbocycles. The Morgan fingerprint density at radius 2 is 1.62 bits per heavy atom. The zero-order valence-electron chi connectivity index (χ0n) is 10.6. The summed E-state index contributed by atoms with van der Waals surface area (Å²) >= 11 is 3.66. The fourth-order valence-electron chi connectivity index (χ4n) is 1.92. The first-order chi connectivity index (χ1) is 7.29. The molecule has 0 aliphatic heterocycles. The first kappa shape index (κ1) is 13.7. The van der Waals surface area contributed by atoms with Gasteiger partial charge in [-0.2, -0.15) is 0 Å². The molecule has 2 heteroatoms. The normalized spacial score (nSPS) is 12.8. The van der Waals surface area contributed by atoms with Crippen molar-refractivity contribution in [3.05, 3.63) is 35.9 Å². The fraction of sp³-hybridized carbons (Fsp3) is 0.571. The van der Waals surface area contributed by atoms with Crippen LogP contribution in [0.25, 0.3) is 0 Å². The second-order valence-corrected chi connectivity index (χ2v) is 7.58. The molecule has 0 heterocycles.